The molecule has 12 heteroatoms. The van der Waals surface area contributed by atoms with Gasteiger partial charge in [0, 0.05) is 35.2 Å². The highest BCUT2D eigenvalue weighted by atomic mass is 32.2. The molecule has 1 atom stereocenters. The number of aryl methyl sites for hydroxylation is 1. The lowest BCUT2D eigenvalue weighted by Gasteiger charge is -2.16. The molecule has 4 aromatic rings. The van der Waals surface area contributed by atoms with E-state index in [0.29, 0.717) is 22.3 Å². The standard InChI is InChI=1S/C24H22F3N5O3S/c1-15-3-5-18(6-4-15)36(34,35)32-12-9-20-19(8-11-29-22(20)32)21-13-17(7-10-28-21)31-16(2)23(33)30-14-24(25,26)27/h3-13,16H,14H2,1-2H3,(H,28,31)(H,30,33)/t16-/m0/s1. The molecule has 36 heavy (non-hydrogen) atoms. The molecule has 1 aromatic carbocycles. The Kier molecular flexibility index (Phi) is 6.72. The van der Waals surface area contributed by atoms with E-state index in [-0.39, 0.29) is 10.5 Å². The number of carbonyl (C=O) groups is 1. The minimum absolute atomic E-state index is 0.125. The Morgan fingerprint density at radius 1 is 1.06 bits per heavy atom. The average Bonchev–Trinajstić information content (AvgIpc) is 3.28. The van der Waals surface area contributed by atoms with Gasteiger partial charge >= 0.3 is 6.18 Å². The molecule has 0 saturated heterocycles. The number of anilines is 1. The largest absolute Gasteiger partial charge is 0.405 e. The first kappa shape index (κ1) is 25.2. The van der Waals surface area contributed by atoms with E-state index in [1.54, 1.807) is 36.4 Å². The fourth-order valence-electron chi connectivity index (χ4n) is 3.58. The molecule has 4 rings (SSSR count). The van der Waals surface area contributed by atoms with Gasteiger partial charge in [-0.05, 0) is 50.2 Å². The molecule has 0 aliphatic carbocycles. The number of aromatic nitrogens is 3. The molecule has 0 aliphatic heterocycles. The Balaban J connectivity index is 1.63. The Hall–Kier alpha value is -3.93. The molecule has 0 fully saturated rings. The zero-order valence-corrected chi connectivity index (χ0v) is 20.1. The minimum atomic E-state index is -4.50. The molecule has 0 bridgehead atoms. The second kappa shape index (κ2) is 9.61. The first-order valence-corrected chi connectivity index (χ1v) is 12.3. The summed E-state index contributed by atoms with van der Waals surface area (Å²) in [6, 6.07) is 12.0. The predicted molar refractivity (Wildman–Crippen MR) is 129 cm³/mol. The van der Waals surface area contributed by atoms with E-state index in [2.05, 4.69) is 15.3 Å². The van der Waals surface area contributed by atoms with Crippen molar-refractivity contribution < 1.29 is 26.4 Å². The third kappa shape index (κ3) is 5.33. The van der Waals surface area contributed by atoms with Gasteiger partial charge in [0.05, 0.1) is 10.6 Å². The van der Waals surface area contributed by atoms with Crippen LogP contribution in [0.4, 0.5) is 18.9 Å². The summed E-state index contributed by atoms with van der Waals surface area (Å²) in [4.78, 5) is 20.7. The van der Waals surface area contributed by atoms with Crippen LogP contribution in [0.3, 0.4) is 0 Å². The van der Waals surface area contributed by atoms with Crippen molar-refractivity contribution in [3.8, 4) is 11.3 Å². The molecular formula is C24H22F3N5O3S. The second-order valence-electron chi connectivity index (χ2n) is 8.15. The summed E-state index contributed by atoms with van der Waals surface area (Å²) in [5.74, 6) is -0.810. The van der Waals surface area contributed by atoms with Crippen LogP contribution in [0.1, 0.15) is 12.5 Å². The maximum absolute atomic E-state index is 13.2. The highest BCUT2D eigenvalue weighted by Gasteiger charge is 2.28. The van der Waals surface area contributed by atoms with E-state index >= 15 is 0 Å². The molecule has 3 heterocycles. The van der Waals surface area contributed by atoms with Gasteiger partial charge in [-0.1, -0.05) is 17.7 Å². The number of carbonyl (C=O) groups excluding carboxylic acids is 1. The summed E-state index contributed by atoms with van der Waals surface area (Å²) in [6.07, 6.45) is -0.140. The summed E-state index contributed by atoms with van der Waals surface area (Å²) in [6.45, 7) is 1.88. The lowest BCUT2D eigenvalue weighted by atomic mass is 10.1. The van der Waals surface area contributed by atoms with Crippen LogP contribution in [0, 0.1) is 6.92 Å². The van der Waals surface area contributed by atoms with Crippen LogP contribution in [-0.4, -0.2) is 47.0 Å². The van der Waals surface area contributed by atoms with Gasteiger partial charge in [-0.2, -0.15) is 13.2 Å². The van der Waals surface area contributed by atoms with Crippen molar-refractivity contribution in [3.05, 3.63) is 72.7 Å². The second-order valence-corrected chi connectivity index (χ2v) is 9.97. The zero-order valence-electron chi connectivity index (χ0n) is 19.2. The number of hydrogen-bond donors (Lipinski definition) is 2. The number of alkyl halides is 3. The van der Waals surface area contributed by atoms with Crippen molar-refractivity contribution in [2.75, 3.05) is 11.9 Å². The van der Waals surface area contributed by atoms with Gasteiger partial charge < -0.3 is 10.6 Å². The van der Waals surface area contributed by atoms with Crippen molar-refractivity contribution in [1.82, 2.24) is 19.3 Å². The van der Waals surface area contributed by atoms with E-state index in [0.717, 1.165) is 9.54 Å². The van der Waals surface area contributed by atoms with Crippen LogP contribution in [0.2, 0.25) is 0 Å². The van der Waals surface area contributed by atoms with Crippen molar-refractivity contribution in [3.63, 3.8) is 0 Å². The van der Waals surface area contributed by atoms with Crippen molar-refractivity contribution >= 4 is 32.7 Å². The van der Waals surface area contributed by atoms with E-state index in [4.69, 9.17) is 0 Å². The third-order valence-corrected chi connectivity index (χ3v) is 7.09. The Morgan fingerprint density at radius 3 is 2.44 bits per heavy atom. The molecule has 0 unspecified atom stereocenters. The molecular weight excluding hydrogens is 495 g/mol. The normalized spacial score (nSPS) is 12.9. The van der Waals surface area contributed by atoms with E-state index < -0.39 is 34.7 Å². The molecule has 0 saturated carbocycles. The van der Waals surface area contributed by atoms with E-state index in [9.17, 15) is 26.4 Å². The first-order chi connectivity index (χ1) is 17.0. The number of amides is 1. The van der Waals surface area contributed by atoms with E-state index in [1.165, 1.54) is 37.6 Å². The first-order valence-electron chi connectivity index (χ1n) is 10.8. The van der Waals surface area contributed by atoms with E-state index in [1.807, 2.05) is 12.2 Å². The van der Waals surface area contributed by atoms with Crippen molar-refractivity contribution in [2.24, 2.45) is 0 Å². The van der Waals surface area contributed by atoms with Gasteiger partial charge in [0.15, 0.2) is 5.65 Å². The maximum Gasteiger partial charge on any atom is 0.405 e. The number of benzene rings is 1. The van der Waals surface area contributed by atoms with Crippen LogP contribution >= 0.6 is 0 Å². The topological polar surface area (TPSA) is 106 Å². The Labute approximate surface area is 205 Å². The maximum atomic E-state index is 13.2. The summed E-state index contributed by atoms with van der Waals surface area (Å²) in [5.41, 5.74) is 2.65. The van der Waals surface area contributed by atoms with Gasteiger partial charge in [0.1, 0.15) is 12.6 Å². The summed E-state index contributed by atoms with van der Waals surface area (Å²) < 4.78 is 64.6. The highest BCUT2D eigenvalue weighted by molar-refractivity contribution is 7.90. The Bertz CT molecular complexity index is 1520. The number of halogens is 3. The Morgan fingerprint density at radius 2 is 1.75 bits per heavy atom. The van der Waals surface area contributed by atoms with Gasteiger partial charge in [-0.25, -0.2) is 17.4 Å². The van der Waals surface area contributed by atoms with Gasteiger partial charge in [0.2, 0.25) is 5.91 Å². The zero-order chi connectivity index (χ0) is 26.1. The number of nitrogens with one attached hydrogen (secondary N) is 2. The molecule has 8 nitrogen and oxygen atoms in total. The average molecular weight is 518 g/mol. The number of fused-ring (bicyclic) bond motifs is 1. The molecule has 1 amide bonds. The third-order valence-electron chi connectivity index (χ3n) is 5.41. The van der Waals surface area contributed by atoms with Gasteiger partial charge in [0.25, 0.3) is 10.0 Å². The van der Waals surface area contributed by atoms with Crippen LogP contribution in [-0.2, 0) is 14.8 Å². The molecule has 188 valence electrons. The van der Waals surface area contributed by atoms with Crippen molar-refractivity contribution in [1.29, 1.82) is 0 Å². The van der Waals surface area contributed by atoms with Gasteiger partial charge in [-0.15, -0.1) is 0 Å². The fourth-order valence-corrected chi connectivity index (χ4v) is 4.88. The van der Waals surface area contributed by atoms with Gasteiger partial charge in [-0.3, -0.25) is 9.78 Å². The van der Waals surface area contributed by atoms with Crippen LogP contribution in [0.25, 0.3) is 22.3 Å². The van der Waals surface area contributed by atoms with Crippen LogP contribution in [0.15, 0.2) is 72.0 Å². The van der Waals surface area contributed by atoms with Crippen LogP contribution < -0.4 is 10.6 Å². The lowest BCUT2D eigenvalue weighted by Crippen LogP contribution is -2.42. The number of nitrogens with zero attached hydrogens (tertiary/aromatic N) is 3. The summed E-state index contributed by atoms with van der Waals surface area (Å²) >= 11 is 0. The SMILES string of the molecule is Cc1ccc(S(=O)(=O)n2ccc3c(-c4cc(N[C@@H](C)C(=O)NCC(F)(F)F)ccn4)ccnc32)cc1. The molecule has 3 aromatic heterocycles. The fraction of sp³-hybridized carbons (Fsp3) is 0.208. The molecule has 0 spiro atoms. The molecule has 0 aliphatic rings. The summed E-state index contributed by atoms with van der Waals surface area (Å²) in [5, 5.41) is 5.23. The monoisotopic (exact) mass is 517 g/mol. The van der Waals surface area contributed by atoms with Crippen molar-refractivity contribution in [2.45, 2.75) is 31.0 Å². The molecule has 0 radical (unpaired) electrons. The highest BCUT2D eigenvalue weighted by Crippen LogP contribution is 2.30. The quantitative estimate of drug-likeness (QED) is 0.382. The summed E-state index contributed by atoms with van der Waals surface area (Å²) in [7, 11) is -3.89. The minimum Gasteiger partial charge on any atom is -0.374 e. The molecule has 2 N–H and O–H groups in total. The number of pyridine rings is 2. The lowest BCUT2D eigenvalue weighted by molar-refractivity contribution is -0.138. The number of rotatable bonds is 7. The predicted octanol–water partition coefficient (Wildman–Crippen LogP) is 4.12. The smallest absolute Gasteiger partial charge is 0.374 e. The van der Waals surface area contributed by atoms with Crippen LogP contribution in [0.5, 0.6) is 0 Å². The number of hydrogen-bond acceptors (Lipinski definition) is 6.